The first-order valence-corrected chi connectivity index (χ1v) is 12.2. The molecule has 6 heteroatoms. The van der Waals surface area contributed by atoms with Crippen LogP contribution in [0.15, 0.2) is 54.7 Å². The van der Waals surface area contributed by atoms with Crippen LogP contribution in [0.4, 0.5) is 5.69 Å². The molecule has 2 aromatic heterocycles. The molecule has 2 aromatic carbocycles. The SMILES string of the molecule is COc1cc(N2CCCN(C)CC2)ccc1/C=C/c1cc(/C=C/c2ccc3ccn(C)c3c2)n[nH]1. The predicted molar refractivity (Wildman–Crippen MR) is 147 cm³/mol. The van der Waals surface area contributed by atoms with Gasteiger partial charge in [0, 0.05) is 55.7 Å². The van der Waals surface area contributed by atoms with Crippen LogP contribution in [0.2, 0.25) is 0 Å². The Hall–Kier alpha value is -3.77. The number of ether oxygens (including phenoxy) is 1. The second kappa shape index (κ2) is 10.2. The Balaban J connectivity index is 1.28. The molecule has 0 radical (unpaired) electrons. The van der Waals surface area contributed by atoms with E-state index in [0.717, 1.165) is 54.4 Å². The largest absolute Gasteiger partial charge is 0.496 e. The van der Waals surface area contributed by atoms with Gasteiger partial charge >= 0.3 is 0 Å². The van der Waals surface area contributed by atoms with Gasteiger partial charge in [0.15, 0.2) is 0 Å². The first kappa shape index (κ1) is 23.0. The molecule has 0 saturated carbocycles. The van der Waals surface area contributed by atoms with E-state index in [0.29, 0.717) is 0 Å². The standard InChI is InChI=1S/C29H33N5O/c1-32-14-4-15-34(18-17-32)27-12-9-24(29(21-27)35-3)8-11-26-20-25(30-31-26)10-6-22-5-7-23-13-16-33(2)28(23)19-22/h5-13,16,19-21H,4,14-15,17-18H2,1-3H3,(H,30,31)/b10-6+,11-8+. The molecule has 0 spiro atoms. The summed E-state index contributed by atoms with van der Waals surface area (Å²) in [6.45, 7) is 4.35. The molecule has 1 N–H and O–H groups in total. The molecule has 1 aliphatic rings. The molecular weight excluding hydrogens is 434 g/mol. The maximum atomic E-state index is 5.72. The summed E-state index contributed by atoms with van der Waals surface area (Å²) >= 11 is 0. The number of aromatic amines is 1. The predicted octanol–water partition coefficient (Wildman–Crippen LogP) is 5.39. The quantitative estimate of drug-likeness (QED) is 0.413. The van der Waals surface area contributed by atoms with Crippen LogP contribution in [0.1, 0.15) is 28.9 Å². The summed E-state index contributed by atoms with van der Waals surface area (Å²) in [4.78, 5) is 4.84. The van der Waals surface area contributed by atoms with Crippen LogP contribution in [0.5, 0.6) is 5.75 Å². The molecule has 0 bridgehead atoms. The van der Waals surface area contributed by atoms with E-state index in [1.165, 1.54) is 23.0 Å². The fourth-order valence-electron chi connectivity index (χ4n) is 4.61. The van der Waals surface area contributed by atoms with Gasteiger partial charge in [0.2, 0.25) is 0 Å². The zero-order chi connectivity index (χ0) is 24.2. The number of hydrogen-bond donors (Lipinski definition) is 1. The number of nitrogens with one attached hydrogen (secondary N) is 1. The minimum atomic E-state index is 0.882. The number of aryl methyl sites for hydroxylation is 1. The number of methoxy groups -OCH3 is 1. The number of aromatic nitrogens is 3. The molecule has 0 atom stereocenters. The van der Waals surface area contributed by atoms with Crippen molar-refractivity contribution >= 4 is 40.9 Å². The lowest BCUT2D eigenvalue weighted by molar-refractivity contribution is 0.360. The Labute approximate surface area is 207 Å². The van der Waals surface area contributed by atoms with Gasteiger partial charge in [-0.05, 0) is 79.5 Å². The van der Waals surface area contributed by atoms with Crippen molar-refractivity contribution in [3.63, 3.8) is 0 Å². The minimum absolute atomic E-state index is 0.882. The van der Waals surface area contributed by atoms with E-state index in [1.54, 1.807) is 7.11 Å². The maximum absolute atomic E-state index is 5.72. The highest BCUT2D eigenvalue weighted by atomic mass is 16.5. The van der Waals surface area contributed by atoms with Gasteiger partial charge in [0.05, 0.1) is 18.5 Å². The smallest absolute Gasteiger partial charge is 0.128 e. The third-order valence-corrected chi connectivity index (χ3v) is 6.72. The summed E-state index contributed by atoms with van der Waals surface area (Å²) in [7, 11) is 6.00. The number of fused-ring (bicyclic) bond motifs is 1. The van der Waals surface area contributed by atoms with Crippen LogP contribution in [0.25, 0.3) is 35.2 Å². The van der Waals surface area contributed by atoms with Gasteiger partial charge < -0.3 is 19.1 Å². The van der Waals surface area contributed by atoms with Crippen LogP contribution < -0.4 is 9.64 Å². The lowest BCUT2D eigenvalue weighted by Crippen LogP contribution is -2.28. The molecule has 3 heterocycles. The highest BCUT2D eigenvalue weighted by Gasteiger charge is 2.14. The molecule has 4 aromatic rings. The number of H-pyrrole nitrogens is 1. The summed E-state index contributed by atoms with van der Waals surface area (Å²) in [5, 5.41) is 8.80. The summed E-state index contributed by atoms with van der Waals surface area (Å²) in [6.07, 6.45) is 11.5. The zero-order valence-electron chi connectivity index (χ0n) is 20.7. The molecule has 0 aliphatic carbocycles. The third kappa shape index (κ3) is 5.33. The summed E-state index contributed by atoms with van der Waals surface area (Å²) in [6, 6.07) is 17.1. The number of benzene rings is 2. The molecule has 180 valence electrons. The number of nitrogens with zero attached hydrogens (tertiary/aromatic N) is 4. The summed E-state index contributed by atoms with van der Waals surface area (Å²) in [5.74, 6) is 0.882. The first-order valence-electron chi connectivity index (χ1n) is 12.2. The van der Waals surface area contributed by atoms with Crippen molar-refractivity contribution in [3.8, 4) is 5.75 Å². The van der Waals surface area contributed by atoms with Crippen LogP contribution in [-0.4, -0.2) is 60.0 Å². The molecule has 35 heavy (non-hydrogen) atoms. The van der Waals surface area contributed by atoms with E-state index in [2.05, 4.69) is 99.5 Å². The van der Waals surface area contributed by atoms with Crippen LogP contribution in [0, 0.1) is 0 Å². The van der Waals surface area contributed by atoms with Crippen molar-refractivity contribution in [1.29, 1.82) is 0 Å². The van der Waals surface area contributed by atoms with E-state index in [1.807, 2.05) is 18.2 Å². The average Bonchev–Trinajstić information content (AvgIpc) is 3.42. The summed E-state index contributed by atoms with van der Waals surface area (Å²) < 4.78 is 7.85. The van der Waals surface area contributed by atoms with Gasteiger partial charge in [-0.15, -0.1) is 0 Å². The van der Waals surface area contributed by atoms with E-state index in [4.69, 9.17) is 4.74 Å². The molecule has 1 fully saturated rings. The molecule has 5 rings (SSSR count). The summed E-state index contributed by atoms with van der Waals surface area (Å²) in [5.41, 5.74) is 6.48. The van der Waals surface area contributed by atoms with Gasteiger partial charge in [0.1, 0.15) is 5.75 Å². The number of hydrogen-bond acceptors (Lipinski definition) is 4. The molecule has 1 aliphatic heterocycles. The number of rotatable bonds is 6. The van der Waals surface area contributed by atoms with Gasteiger partial charge in [-0.1, -0.05) is 18.2 Å². The second-order valence-electron chi connectivity index (χ2n) is 9.23. The average molecular weight is 468 g/mol. The number of anilines is 1. The van der Waals surface area contributed by atoms with Crippen molar-refractivity contribution in [2.45, 2.75) is 6.42 Å². The Morgan fingerprint density at radius 1 is 0.886 bits per heavy atom. The molecule has 0 amide bonds. The third-order valence-electron chi connectivity index (χ3n) is 6.72. The fourth-order valence-corrected chi connectivity index (χ4v) is 4.61. The number of likely N-dealkylation sites (N-methyl/N-ethyl adjacent to an activating group) is 1. The molecular formula is C29H33N5O. The highest BCUT2D eigenvalue weighted by molar-refractivity contribution is 5.84. The van der Waals surface area contributed by atoms with E-state index >= 15 is 0 Å². The topological polar surface area (TPSA) is 49.3 Å². The lowest BCUT2D eigenvalue weighted by Gasteiger charge is -2.23. The van der Waals surface area contributed by atoms with Crippen molar-refractivity contribution in [2.24, 2.45) is 7.05 Å². The van der Waals surface area contributed by atoms with E-state index < -0.39 is 0 Å². The maximum Gasteiger partial charge on any atom is 0.128 e. The molecule has 6 nitrogen and oxygen atoms in total. The van der Waals surface area contributed by atoms with E-state index in [-0.39, 0.29) is 0 Å². The Morgan fingerprint density at radius 2 is 1.80 bits per heavy atom. The van der Waals surface area contributed by atoms with Crippen molar-refractivity contribution in [3.05, 3.63) is 77.2 Å². The van der Waals surface area contributed by atoms with Crippen LogP contribution >= 0.6 is 0 Å². The lowest BCUT2D eigenvalue weighted by atomic mass is 10.1. The van der Waals surface area contributed by atoms with Gasteiger partial charge in [-0.3, -0.25) is 5.10 Å². The Morgan fingerprint density at radius 3 is 2.69 bits per heavy atom. The zero-order valence-corrected chi connectivity index (χ0v) is 20.7. The monoisotopic (exact) mass is 467 g/mol. The van der Waals surface area contributed by atoms with Crippen molar-refractivity contribution in [2.75, 3.05) is 45.2 Å². The van der Waals surface area contributed by atoms with Crippen LogP contribution in [0.3, 0.4) is 0 Å². The highest BCUT2D eigenvalue weighted by Crippen LogP contribution is 2.28. The second-order valence-corrected chi connectivity index (χ2v) is 9.23. The molecule has 1 saturated heterocycles. The molecule has 0 unspecified atom stereocenters. The van der Waals surface area contributed by atoms with Crippen molar-refractivity contribution in [1.82, 2.24) is 19.7 Å². The fraction of sp³-hybridized carbons (Fsp3) is 0.276. The van der Waals surface area contributed by atoms with Gasteiger partial charge in [-0.25, -0.2) is 0 Å². The van der Waals surface area contributed by atoms with Gasteiger partial charge in [-0.2, -0.15) is 5.10 Å². The van der Waals surface area contributed by atoms with E-state index in [9.17, 15) is 0 Å². The van der Waals surface area contributed by atoms with Crippen LogP contribution in [-0.2, 0) is 7.05 Å². The van der Waals surface area contributed by atoms with Gasteiger partial charge in [0.25, 0.3) is 0 Å². The normalized spacial score (nSPS) is 15.5. The first-order chi connectivity index (χ1) is 17.1. The Kier molecular flexibility index (Phi) is 6.73. The Bertz CT molecular complexity index is 1360. The minimum Gasteiger partial charge on any atom is -0.496 e. The van der Waals surface area contributed by atoms with Crippen molar-refractivity contribution < 1.29 is 4.74 Å².